The number of hydrogen-bond donors (Lipinski definition) is 1. The number of unbranched alkanes of at least 4 members (excludes halogenated alkanes) is 1. The van der Waals surface area contributed by atoms with Crippen molar-refractivity contribution in [3.63, 3.8) is 0 Å². The van der Waals surface area contributed by atoms with Crippen molar-refractivity contribution < 1.29 is 4.79 Å². The van der Waals surface area contributed by atoms with Crippen LogP contribution in [-0.2, 0) is 4.79 Å². The molecular formula is C13H26ClNO. The van der Waals surface area contributed by atoms with Gasteiger partial charge in [0, 0.05) is 17.8 Å². The summed E-state index contributed by atoms with van der Waals surface area (Å²) in [6.07, 6.45) is 6.19. The van der Waals surface area contributed by atoms with Crippen molar-refractivity contribution in [2.24, 2.45) is 5.92 Å². The monoisotopic (exact) mass is 247 g/mol. The highest BCUT2D eigenvalue weighted by atomic mass is 35.5. The van der Waals surface area contributed by atoms with Gasteiger partial charge < -0.3 is 5.32 Å². The van der Waals surface area contributed by atoms with Gasteiger partial charge in [0.2, 0.25) is 5.91 Å². The lowest BCUT2D eigenvalue weighted by molar-refractivity contribution is -0.126. The number of carbonyl (C=O) groups excluding carboxylic acids is 1. The van der Waals surface area contributed by atoms with Gasteiger partial charge in [0.25, 0.3) is 0 Å². The second-order valence-electron chi connectivity index (χ2n) is 4.49. The molecule has 16 heavy (non-hydrogen) atoms. The number of rotatable bonds is 9. The van der Waals surface area contributed by atoms with Gasteiger partial charge in [-0.1, -0.05) is 26.7 Å². The van der Waals surface area contributed by atoms with E-state index in [0.717, 1.165) is 38.5 Å². The van der Waals surface area contributed by atoms with Crippen LogP contribution in [0.15, 0.2) is 0 Å². The van der Waals surface area contributed by atoms with Gasteiger partial charge in [-0.3, -0.25) is 4.79 Å². The maximum Gasteiger partial charge on any atom is 0.223 e. The summed E-state index contributed by atoms with van der Waals surface area (Å²) in [6, 6.07) is 0.252. The second-order valence-corrected chi connectivity index (χ2v) is 4.87. The molecule has 0 aromatic heterocycles. The second kappa shape index (κ2) is 9.95. The molecule has 0 aliphatic carbocycles. The number of hydrogen-bond acceptors (Lipinski definition) is 1. The molecular weight excluding hydrogens is 222 g/mol. The molecule has 0 spiro atoms. The van der Waals surface area contributed by atoms with E-state index in [0.29, 0.717) is 5.88 Å². The summed E-state index contributed by atoms with van der Waals surface area (Å²) in [5.74, 6) is 1.09. The third-order valence-electron chi connectivity index (χ3n) is 2.93. The average Bonchev–Trinajstić information content (AvgIpc) is 2.27. The van der Waals surface area contributed by atoms with E-state index in [2.05, 4.69) is 26.1 Å². The van der Waals surface area contributed by atoms with Crippen molar-refractivity contribution in [2.45, 2.75) is 65.3 Å². The van der Waals surface area contributed by atoms with Crippen molar-refractivity contribution in [3.05, 3.63) is 0 Å². The van der Waals surface area contributed by atoms with E-state index in [-0.39, 0.29) is 17.9 Å². The van der Waals surface area contributed by atoms with Gasteiger partial charge in [-0.25, -0.2) is 0 Å². The first kappa shape index (κ1) is 15.8. The van der Waals surface area contributed by atoms with Crippen LogP contribution in [-0.4, -0.2) is 17.8 Å². The predicted octanol–water partition coefficient (Wildman–Crippen LogP) is 3.73. The molecule has 2 nitrogen and oxygen atoms in total. The Morgan fingerprint density at radius 3 is 2.44 bits per heavy atom. The molecule has 0 saturated heterocycles. The minimum Gasteiger partial charge on any atom is -0.353 e. The zero-order valence-corrected chi connectivity index (χ0v) is 11.6. The molecule has 0 aromatic rings. The van der Waals surface area contributed by atoms with E-state index >= 15 is 0 Å². The summed E-state index contributed by atoms with van der Waals surface area (Å²) in [6.45, 7) is 6.30. The first-order chi connectivity index (χ1) is 7.65. The zero-order valence-electron chi connectivity index (χ0n) is 10.9. The third-order valence-corrected chi connectivity index (χ3v) is 3.20. The van der Waals surface area contributed by atoms with E-state index in [1.165, 1.54) is 0 Å². The number of carbonyl (C=O) groups is 1. The highest BCUT2D eigenvalue weighted by Gasteiger charge is 2.17. The van der Waals surface area contributed by atoms with E-state index in [1.54, 1.807) is 0 Å². The first-order valence-electron chi connectivity index (χ1n) is 6.52. The smallest absolute Gasteiger partial charge is 0.223 e. The Labute approximate surface area is 105 Å². The fraction of sp³-hybridized carbons (Fsp3) is 0.923. The lowest BCUT2D eigenvalue weighted by atomic mass is 9.98. The van der Waals surface area contributed by atoms with Gasteiger partial charge in [0.1, 0.15) is 0 Å². The Bertz CT molecular complexity index is 185. The van der Waals surface area contributed by atoms with E-state index < -0.39 is 0 Å². The van der Waals surface area contributed by atoms with Gasteiger partial charge in [0.05, 0.1) is 0 Å². The van der Waals surface area contributed by atoms with Crippen LogP contribution in [0, 0.1) is 5.92 Å². The molecule has 0 bridgehead atoms. The lowest BCUT2D eigenvalue weighted by Crippen LogP contribution is -2.37. The van der Waals surface area contributed by atoms with Crippen LogP contribution in [0.2, 0.25) is 0 Å². The molecule has 0 aliphatic heterocycles. The van der Waals surface area contributed by atoms with Gasteiger partial charge in [-0.2, -0.15) is 0 Å². The number of halogens is 1. The Kier molecular flexibility index (Phi) is 9.80. The minimum atomic E-state index is 0.193. The summed E-state index contributed by atoms with van der Waals surface area (Å²) in [5.41, 5.74) is 0. The first-order valence-corrected chi connectivity index (χ1v) is 7.05. The summed E-state index contributed by atoms with van der Waals surface area (Å²) in [4.78, 5) is 11.9. The Balaban J connectivity index is 3.89. The van der Waals surface area contributed by atoms with E-state index in [9.17, 15) is 4.79 Å². The molecule has 96 valence electrons. The van der Waals surface area contributed by atoms with Crippen LogP contribution in [0.1, 0.15) is 59.3 Å². The molecule has 0 rings (SSSR count). The van der Waals surface area contributed by atoms with Crippen molar-refractivity contribution in [1.29, 1.82) is 0 Å². The largest absolute Gasteiger partial charge is 0.353 e. The van der Waals surface area contributed by atoms with Crippen molar-refractivity contribution >= 4 is 17.5 Å². The molecule has 0 aromatic carbocycles. The van der Waals surface area contributed by atoms with Crippen LogP contribution < -0.4 is 5.32 Å². The van der Waals surface area contributed by atoms with Gasteiger partial charge in [-0.15, -0.1) is 11.6 Å². The fourth-order valence-electron chi connectivity index (χ4n) is 1.79. The summed E-state index contributed by atoms with van der Waals surface area (Å²) in [7, 11) is 0. The lowest BCUT2D eigenvalue weighted by Gasteiger charge is -2.18. The predicted molar refractivity (Wildman–Crippen MR) is 70.9 cm³/mol. The minimum absolute atomic E-state index is 0.193. The maximum atomic E-state index is 11.9. The Hall–Kier alpha value is -0.240. The molecule has 0 radical (unpaired) electrons. The van der Waals surface area contributed by atoms with Gasteiger partial charge >= 0.3 is 0 Å². The van der Waals surface area contributed by atoms with Crippen molar-refractivity contribution in [3.8, 4) is 0 Å². The highest BCUT2D eigenvalue weighted by molar-refractivity contribution is 6.17. The number of alkyl halides is 1. The van der Waals surface area contributed by atoms with E-state index in [4.69, 9.17) is 11.6 Å². The third kappa shape index (κ3) is 7.10. The molecule has 0 fully saturated rings. The molecule has 1 N–H and O–H groups in total. The average molecular weight is 248 g/mol. The summed E-state index contributed by atoms with van der Waals surface area (Å²) in [5, 5.41) is 3.08. The van der Waals surface area contributed by atoms with E-state index in [1.807, 2.05) is 0 Å². The molecule has 0 aliphatic rings. The molecule has 2 atom stereocenters. The molecule has 1 amide bonds. The molecule has 0 saturated carbocycles. The normalized spacial score (nSPS) is 14.5. The number of amides is 1. The summed E-state index contributed by atoms with van der Waals surface area (Å²) >= 11 is 5.63. The highest BCUT2D eigenvalue weighted by Crippen LogP contribution is 2.13. The SMILES string of the molecule is CCCCC(CC)C(=O)NC(C)CCCCl. The number of nitrogens with one attached hydrogen (secondary N) is 1. The fourth-order valence-corrected chi connectivity index (χ4v) is 1.94. The topological polar surface area (TPSA) is 29.1 Å². The van der Waals surface area contributed by atoms with Gasteiger partial charge in [-0.05, 0) is 32.6 Å². The van der Waals surface area contributed by atoms with Gasteiger partial charge in [0.15, 0.2) is 0 Å². The summed E-state index contributed by atoms with van der Waals surface area (Å²) < 4.78 is 0. The Morgan fingerprint density at radius 2 is 1.94 bits per heavy atom. The zero-order chi connectivity index (χ0) is 12.4. The Morgan fingerprint density at radius 1 is 1.25 bits per heavy atom. The van der Waals surface area contributed by atoms with Crippen molar-refractivity contribution in [1.82, 2.24) is 5.32 Å². The molecule has 3 heteroatoms. The van der Waals surface area contributed by atoms with Crippen LogP contribution in [0.4, 0.5) is 0 Å². The molecule has 0 heterocycles. The quantitative estimate of drug-likeness (QED) is 0.618. The van der Waals surface area contributed by atoms with Crippen LogP contribution in [0.3, 0.4) is 0 Å². The maximum absolute atomic E-state index is 11.9. The van der Waals surface area contributed by atoms with Crippen LogP contribution >= 0.6 is 11.6 Å². The van der Waals surface area contributed by atoms with Crippen LogP contribution in [0.5, 0.6) is 0 Å². The standard InChI is InChI=1S/C13H26ClNO/c1-4-6-9-12(5-2)13(16)15-11(3)8-7-10-14/h11-12H,4-10H2,1-3H3,(H,15,16). The van der Waals surface area contributed by atoms with Crippen LogP contribution in [0.25, 0.3) is 0 Å². The van der Waals surface area contributed by atoms with Crippen molar-refractivity contribution in [2.75, 3.05) is 5.88 Å². The molecule has 2 unspecified atom stereocenters.